The van der Waals surface area contributed by atoms with Crippen molar-refractivity contribution in [3.05, 3.63) is 42.0 Å². The number of fused-ring (bicyclic) bond motifs is 1. The molecule has 4 N–H and O–H groups in total. The van der Waals surface area contributed by atoms with Crippen molar-refractivity contribution in [3.63, 3.8) is 0 Å². The Bertz CT molecular complexity index is 781. The van der Waals surface area contributed by atoms with E-state index in [-0.39, 0.29) is 11.5 Å². The summed E-state index contributed by atoms with van der Waals surface area (Å²) in [6.07, 6.45) is 2.50. The van der Waals surface area contributed by atoms with Gasteiger partial charge in [0.15, 0.2) is 5.84 Å². The second kappa shape index (κ2) is 5.25. The molecule has 0 radical (unpaired) electrons. The first-order valence-corrected chi connectivity index (χ1v) is 6.80. The van der Waals surface area contributed by atoms with Gasteiger partial charge in [-0.3, -0.25) is 10.8 Å². The number of hydrazone groups is 1. The van der Waals surface area contributed by atoms with Gasteiger partial charge in [0, 0.05) is 5.39 Å². The Morgan fingerprint density at radius 3 is 2.57 bits per heavy atom. The smallest absolute Gasteiger partial charge is 0.201 e. The van der Waals surface area contributed by atoms with Crippen LogP contribution in [0.1, 0.15) is 24.3 Å². The van der Waals surface area contributed by atoms with E-state index in [9.17, 15) is 0 Å². The number of nitrogens with zero attached hydrogens (tertiary/aromatic N) is 2. The highest BCUT2D eigenvalue weighted by Crippen LogP contribution is 2.44. The van der Waals surface area contributed by atoms with Gasteiger partial charge in [0.2, 0.25) is 5.71 Å². The van der Waals surface area contributed by atoms with Gasteiger partial charge in [-0.25, -0.2) is 0 Å². The number of nitrogens with two attached hydrogens (primary N) is 1. The lowest BCUT2D eigenvalue weighted by Gasteiger charge is -2.10. The molecule has 0 saturated heterocycles. The lowest BCUT2D eigenvalue weighted by Crippen LogP contribution is -2.21. The summed E-state index contributed by atoms with van der Waals surface area (Å²) in [5.74, 6) is 0.322. The highest BCUT2D eigenvalue weighted by atomic mass is 15.3. The van der Waals surface area contributed by atoms with Gasteiger partial charge in [-0.15, -0.1) is 0 Å². The maximum absolute atomic E-state index is 8.87. The van der Waals surface area contributed by atoms with Crippen molar-refractivity contribution < 1.29 is 0 Å². The second-order valence-electron chi connectivity index (χ2n) is 5.12. The van der Waals surface area contributed by atoms with E-state index >= 15 is 0 Å². The predicted octanol–water partition coefficient (Wildman–Crippen LogP) is 2.94. The molecule has 1 fully saturated rings. The van der Waals surface area contributed by atoms with Gasteiger partial charge >= 0.3 is 0 Å². The topological polar surface area (TPSA) is 98.0 Å². The maximum Gasteiger partial charge on any atom is 0.201 e. The zero-order valence-electron chi connectivity index (χ0n) is 11.4. The highest BCUT2D eigenvalue weighted by molar-refractivity contribution is 6.45. The molecular weight excluding hydrogens is 262 g/mol. The van der Waals surface area contributed by atoms with Crippen LogP contribution in [0.4, 0.5) is 5.69 Å². The fourth-order valence-corrected chi connectivity index (χ4v) is 2.43. The Balaban J connectivity index is 2.02. The monoisotopic (exact) mass is 277 g/mol. The quantitative estimate of drug-likeness (QED) is 0.455. The van der Waals surface area contributed by atoms with Crippen molar-refractivity contribution in [2.45, 2.75) is 18.8 Å². The molecule has 0 heterocycles. The molecule has 0 spiro atoms. The normalized spacial score (nSPS) is 14.7. The van der Waals surface area contributed by atoms with E-state index in [0.717, 1.165) is 11.1 Å². The van der Waals surface area contributed by atoms with Crippen LogP contribution in [-0.4, -0.2) is 11.5 Å². The van der Waals surface area contributed by atoms with Crippen molar-refractivity contribution >= 4 is 28.0 Å². The molecule has 1 aliphatic carbocycles. The Morgan fingerprint density at radius 2 is 1.95 bits per heavy atom. The third kappa shape index (κ3) is 2.56. The molecule has 3 rings (SSSR count). The summed E-state index contributed by atoms with van der Waals surface area (Å²) in [5, 5.41) is 22.3. The fraction of sp³-hybridized carbons (Fsp3) is 0.188. The molecule has 5 nitrogen and oxygen atoms in total. The molecule has 21 heavy (non-hydrogen) atoms. The highest BCUT2D eigenvalue weighted by Gasteiger charge is 2.25. The first-order chi connectivity index (χ1) is 10.2. The summed E-state index contributed by atoms with van der Waals surface area (Å²) in [7, 11) is 0. The van der Waals surface area contributed by atoms with Crippen LogP contribution in [0.5, 0.6) is 0 Å². The van der Waals surface area contributed by atoms with Gasteiger partial charge in [-0.05, 0) is 35.8 Å². The number of amidine groups is 1. The third-order valence-corrected chi connectivity index (χ3v) is 3.62. The minimum Gasteiger partial charge on any atom is -0.382 e. The Kier molecular flexibility index (Phi) is 3.28. The van der Waals surface area contributed by atoms with Crippen LogP contribution >= 0.6 is 0 Å². The molecule has 0 aliphatic heterocycles. The molecule has 104 valence electrons. The van der Waals surface area contributed by atoms with E-state index in [2.05, 4.69) is 22.7 Å². The summed E-state index contributed by atoms with van der Waals surface area (Å²) in [4.78, 5) is 0. The van der Waals surface area contributed by atoms with Gasteiger partial charge < -0.3 is 5.73 Å². The van der Waals surface area contributed by atoms with Gasteiger partial charge in [0.1, 0.15) is 6.07 Å². The number of rotatable bonds is 4. The first-order valence-electron chi connectivity index (χ1n) is 6.80. The molecule has 1 aliphatic rings. The van der Waals surface area contributed by atoms with Gasteiger partial charge in [0.25, 0.3) is 0 Å². The minimum atomic E-state index is -0.344. The molecule has 0 bridgehead atoms. The van der Waals surface area contributed by atoms with Crippen LogP contribution in [0.25, 0.3) is 10.8 Å². The molecule has 0 atom stereocenters. The number of nitrogens with one attached hydrogen (secondary N) is 2. The Morgan fingerprint density at radius 1 is 1.24 bits per heavy atom. The number of hydrogen-bond acceptors (Lipinski definition) is 4. The Hall–Kier alpha value is -2.87. The van der Waals surface area contributed by atoms with Crippen LogP contribution in [0.3, 0.4) is 0 Å². The molecule has 2 aromatic rings. The zero-order valence-corrected chi connectivity index (χ0v) is 11.4. The van der Waals surface area contributed by atoms with E-state index in [0.29, 0.717) is 5.92 Å². The molecule has 0 amide bonds. The van der Waals surface area contributed by atoms with Gasteiger partial charge in [-0.2, -0.15) is 10.4 Å². The van der Waals surface area contributed by atoms with E-state index in [4.69, 9.17) is 16.4 Å². The van der Waals surface area contributed by atoms with Gasteiger partial charge in [0.05, 0.1) is 5.69 Å². The van der Waals surface area contributed by atoms with E-state index in [1.54, 1.807) is 6.07 Å². The fourth-order valence-electron chi connectivity index (χ4n) is 2.43. The van der Waals surface area contributed by atoms with Crippen LogP contribution in [0, 0.1) is 16.7 Å². The van der Waals surface area contributed by atoms with E-state index in [1.165, 1.54) is 23.8 Å². The molecule has 0 unspecified atom stereocenters. The van der Waals surface area contributed by atoms with Crippen LogP contribution in [0.15, 0.2) is 41.5 Å². The van der Waals surface area contributed by atoms with Crippen molar-refractivity contribution in [1.82, 2.24) is 0 Å². The number of anilines is 1. The summed E-state index contributed by atoms with van der Waals surface area (Å²) < 4.78 is 0. The minimum absolute atomic E-state index is 0.120. The van der Waals surface area contributed by atoms with E-state index < -0.39 is 0 Å². The number of nitriles is 1. The molecule has 5 heteroatoms. The Labute approximate surface area is 122 Å². The van der Waals surface area contributed by atoms with Gasteiger partial charge in [-0.1, -0.05) is 30.3 Å². The summed E-state index contributed by atoms with van der Waals surface area (Å²) in [5.41, 5.74) is 10.2. The van der Waals surface area contributed by atoms with Crippen molar-refractivity contribution in [2.75, 3.05) is 5.43 Å². The van der Waals surface area contributed by atoms with Crippen molar-refractivity contribution in [1.29, 1.82) is 10.7 Å². The SMILES string of the molecule is N#C/C(=N\Nc1ccc(C2CC2)c2ccccc12)C(=N)N. The third-order valence-electron chi connectivity index (χ3n) is 3.62. The summed E-state index contributed by atoms with van der Waals surface area (Å²) >= 11 is 0. The number of hydrogen-bond donors (Lipinski definition) is 3. The average molecular weight is 277 g/mol. The van der Waals surface area contributed by atoms with Crippen molar-refractivity contribution in [2.24, 2.45) is 10.8 Å². The van der Waals surface area contributed by atoms with E-state index in [1.807, 2.05) is 24.3 Å². The standard InChI is InChI=1S/C16H15N5/c17-9-15(16(18)19)21-20-14-8-7-11(10-5-6-10)12-3-1-2-4-13(12)14/h1-4,7-8,10,20H,5-6H2,(H3,18,19)/b21-15+. The first kappa shape index (κ1) is 13.1. The predicted molar refractivity (Wildman–Crippen MR) is 84.5 cm³/mol. The molecular formula is C16H15N5. The average Bonchev–Trinajstić information content (AvgIpc) is 3.32. The number of benzene rings is 2. The lowest BCUT2D eigenvalue weighted by molar-refractivity contribution is 1.15. The summed E-state index contributed by atoms with van der Waals surface area (Å²) in [6, 6.07) is 14.0. The van der Waals surface area contributed by atoms with Crippen LogP contribution in [-0.2, 0) is 0 Å². The molecule has 2 aromatic carbocycles. The molecule has 1 saturated carbocycles. The van der Waals surface area contributed by atoms with Crippen LogP contribution < -0.4 is 11.2 Å². The maximum atomic E-state index is 8.87. The largest absolute Gasteiger partial charge is 0.382 e. The second-order valence-corrected chi connectivity index (χ2v) is 5.12. The van der Waals surface area contributed by atoms with Crippen LogP contribution in [0.2, 0.25) is 0 Å². The molecule has 0 aromatic heterocycles. The zero-order chi connectivity index (χ0) is 14.8. The lowest BCUT2D eigenvalue weighted by atomic mass is 10.00. The van der Waals surface area contributed by atoms with Crippen molar-refractivity contribution in [3.8, 4) is 6.07 Å². The summed E-state index contributed by atoms with van der Waals surface area (Å²) in [6.45, 7) is 0.